The van der Waals surface area contributed by atoms with E-state index in [2.05, 4.69) is 19.3 Å². The number of aromatic nitrogens is 2. The lowest BCUT2D eigenvalue weighted by Crippen LogP contribution is -2.46. The summed E-state index contributed by atoms with van der Waals surface area (Å²) >= 11 is 0. The number of carbonyl (C=O) groups excluding carboxylic acids is 1. The number of benzene rings is 2. The van der Waals surface area contributed by atoms with Crippen LogP contribution in [0.25, 0.3) is 11.0 Å². The van der Waals surface area contributed by atoms with E-state index in [1.54, 1.807) is 24.3 Å². The van der Waals surface area contributed by atoms with E-state index in [1.807, 2.05) is 35.5 Å². The van der Waals surface area contributed by atoms with E-state index < -0.39 is 16.1 Å². The predicted octanol–water partition coefficient (Wildman–Crippen LogP) is 2.16. The fraction of sp³-hybridized carbons (Fsp3) is 0.318. The van der Waals surface area contributed by atoms with Gasteiger partial charge in [0, 0.05) is 25.2 Å². The third-order valence-electron chi connectivity index (χ3n) is 5.84. The topological polar surface area (TPSA) is 96.7 Å². The summed E-state index contributed by atoms with van der Waals surface area (Å²) in [7, 11) is -3.70. The highest BCUT2D eigenvalue weighted by Crippen LogP contribution is 2.31. The Labute approximate surface area is 180 Å². The maximum Gasteiger partial charge on any atom is 0.285 e. The maximum absolute atomic E-state index is 12.9. The van der Waals surface area contributed by atoms with E-state index in [0.29, 0.717) is 30.9 Å². The molecule has 1 fully saturated rings. The van der Waals surface area contributed by atoms with E-state index in [-0.39, 0.29) is 10.8 Å². The summed E-state index contributed by atoms with van der Waals surface area (Å²) in [4.78, 5) is 19.3. The Bertz CT molecular complexity index is 1280. The smallest absolute Gasteiger partial charge is 0.285 e. The number of sulfonamides is 1. The van der Waals surface area contributed by atoms with Gasteiger partial charge in [-0.1, -0.05) is 24.3 Å². The van der Waals surface area contributed by atoms with E-state index in [4.69, 9.17) is 0 Å². The highest BCUT2D eigenvalue weighted by Gasteiger charge is 2.39. The van der Waals surface area contributed by atoms with Crippen LogP contribution in [0.5, 0.6) is 0 Å². The predicted molar refractivity (Wildman–Crippen MR) is 117 cm³/mol. The number of imidazole rings is 1. The zero-order chi connectivity index (χ0) is 21.4. The van der Waals surface area contributed by atoms with Crippen molar-refractivity contribution in [3.8, 4) is 0 Å². The van der Waals surface area contributed by atoms with Gasteiger partial charge in [-0.15, -0.1) is 4.40 Å². The van der Waals surface area contributed by atoms with Crippen molar-refractivity contribution in [2.75, 3.05) is 13.1 Å². The van der Waals surface area contributed by atoms with Crippen molar-refractivity contribution in [1.82, 2.24) is 19.8 Å². The van der Waals surface area contributed by atoms with Gasteiger partial charge in [-0.3, -0.25) is 4.79 Å². The number of para-hydroxylation sites is 2. The van der Waals surface area contributed by atoms with Crippen molar-refractivity contribution >= 4 is 32.8 Å². The van der Waals surface area contributed by atoms with Crippen molar-refractivity contribution in [2.24, 2.45) is 4.40 Å². The molecule has 8 nitrogen and oxygen atoms in total. The second kappa shape index (κ2) is 7.81. The van der Waals surface area contributed by atoms with Crippen LogP contribution in [0.1, 0.15) is 24.8 Å². The molecule has 0 unspecified atom stereocenters. The van der Waals surface area contributed by atoms with Crippen LogP contribution in [-0.2, 0) is 21.4 Å². The summed E-state index contributed by atoms with van der Waals surface area (Å²) in [6, 6.07) is 14.3. The Hall–Kier alpha value is -3.20. The lowest BCUT2D eigenvalue weighted by molar-refractivity contribution is -0.124. The molecule has 0 radical (unpaired) electrons. The summed E-state index contributed by atoms with van der Waals surface area (Å²) in [6.45, 7) is 1.91. The van der Waals surface area contributed by atoms with Crippen LogP contribution in [-0.4, -0.2) is 53.7 Å². The Balaban J connectivity index is 1.23. The molecule has 1 N–H and O–H groups in total. The lowest BCUT2D eigenvalue weighted by atomic mass is 10.1. The molecule has 0 aliphatic carbocycles. The largest absolute Gasteiger partial charge is 0.354 e. The first kappa shape index (κ1) is 19.7. The average Bonchev–Trinajstić information content (AvgIpc) is 3.48. The first-order valence-electron chi connectivity index (χ1n) is 10.4. The molecule has 160 valence electrons. The van der Waals surface area contributed by atoms with Gasteiger partial charge in [0.25, 0.3) is 10.0 Å². The molecule has 2 aliphatic heterocycles. The third-order valence-corrected chi connectivity index (χ3v) is 7.17. The molecule has 9 heteroatoms. The molecule has 3 aromatic rings. The number of likely N-dealkylation sites (tertiary alicyclic amines) is 1. The molecule has 1 aromatic heterocycles. The molecule has 2 aromatic carbocycles. The molecule has 1 atom stereocenters. The number of hydrogen-bond donors (Lipinski definition) is 1. The van der Waals surface area contributed by atoms with Gasteiger partial charge in [-0.25, -0.2) is 4.98 Å². The average molecular weight is 438 g/mol. The van der Waals surface area contributed by atoms with Gasteiger partial charge in [0.2, 0.25) is 5.91 Å². The van der Waals surface area contributed by atoms with Gasteiger partial charge in [0.1, 0.15) is 10.9 Å². The van der Waals surface area contributed by atoms with Gasteiger partial charge in [0.15, 0.2) is 5.84 Å². The van der Waals surface area contributed by atoms with E-state index in [1.165, 1.54) is 0 Å². The van der Waals surface area contributed by atoms with Crippen molar-refractivity contribution in [3.05, 3.63) is 60.4 Å². The number of rotatable bonds is 5. The molecular formula is C22H23N5O3S. The van der Waals surface area contributed by atoms with Crippen molar-refractivity contribution in [1.29, 1.82) is 0 Å². The SMILES string of the molecule is O=C(NCCCn1cnc2ccccc21)[C@H]1CCCN1C1=NS(=O)(=O)c2ccccc21. The van der Waals surface area contributed by atoms with Gasteiger partial charge < -0.3 is 14.8 Å². The summed E-state index contributed by atoms with van der Waals surface area (Å²) < 4.78 is 30.9. The molecule has 1 amide bonds. The minimum atomic E-state index is -3.70. The zero-order valence-electron chi connectivity index (χ0n) is 16.9. The normalized spacial score (nSPS) is 19.4. The first-order chi connectivity index (χ1) is 15.0. The quantitative estimate of drug-likeness (QED) is 0.617. The molecule has 0 saturated carbocycles. The highest BCUT2D eigenvalue weighted by atomic mass is 32.2. The molecule has 1 saturated heterocycles. The summed E-state index contributed by atoms with van der Waals surface area (Å²) in [6.07, 6.45) is 4.10. The Morgan fingerprint density at radius 3 is 2.84 bits per heavy atom. The minimum absolute atomic E-state index is 0.0857. The Kier molecular flexibility index (Phi) is 4.97. The molecule has 3 heterocycles. The molecule has 5 rings (SSSR count). The van der Waals surface area contributed by atoms with Gasteiger partial charge in [-0.05, 0) is 43.5 Å². The summed E-state index contributed by atoms with van der Waals surface area (Å²) in [5.74, 6) is 0.301. The summed E-state index contributed by atoms with van der Waals surface area (Å²) in [5.41, 5.74) is 2.62. The second-order valence-electron chi connectivity index (χ2n) is 7.81. The van der Waals surface area contributed by atoms with Crippen LogP contribution in [0.2, 0.25) is 0 Å². The van der Waals surface area contributed by atoms with Crippen molar-refractivity contribution < 1.29 is 13.2 Å². The van der Waals surface area contributed by atoms with E-state index in [0.717, 1.165) is 30.4 Å². The number of hydrogen-bond acceptors (Lipinski definition) is 5. The van der Waals surface area contributed by atoms with Gasteiger partial charge in [0.05, 0.1) is 17.4 Å². The number of fused-ring (bicyclic) bond motifs is 2. The molecular weight excluding hydrogens is 414 g/mol. The number of carbonyl (C=O) groups is 1. The van der Waals surface area contributed by atoms with Crippen LogP contribution >= 0.6 is 0 Å². The second-order valence-corrected chi connectivity index (χ2v) is 9.38. The Morgan fingerprint density at radius 1 is 1.13 bits per heavy atom. The summed E-state index contributed by atoms with van der Waals surface area (Å²) in [5, 5.41) is 3.01. The van der Waals surface area contributed by atoms with Crippen LogP contribution in [0, 0.1) is 0 Å². The standard InChI is InChI=1S/C22H23N5O3S/c28-22(23-12-6-13-26-15-24-17-8-2-3-9-18(17)26)19-10-5-14-27(19)21-16-7-1-4-11-20(16)31(29,30)25-21/h1-4,7-9,11,15,19H,5-6,10,12-14H2,(H,23,28)/t19-/m1/s1. The van der Waals surface area contributed by atoms with Crippen LogP contribution in [0.3, 0.4) is 0 Å². The number of nitrogens with one attached hydrogen (secondary N) is 1. The fourth-order valence-corrected chi connectivity index (χ4v) is 5.57. The Morgan fingerprint density at radius 2 is 1.94 bits per heavy atom. The number of aryl methyl sites for hydroxylation is 1. The lowest BCUT2D eigenvalue weighted by Gasteiger charge is -2.25. The van der Waals surface area contributed by atoms with E-state index >= 15 is 0 Å². The molecule has 0 bridgehead atoms. The van der Waals surface area contributed by atoms with Gasteiger partial charge in [-0.2, -0.15) is 8.42 Å². The molecule has 0 spiro atoms. The van der Waals surface area contributed by atoms with Crippen molar-refractivity contribution in [3.63, 3.8) is 0 Å². The third kappa shape index (κ3) is 3.59. The van der Waals surface area contributed by atoms with E-state index in [9.17, 15) is 13.2 Å². The highest BCUT2D eigenvalue weighted by molar-refractivity contribution is 7.90. The number of nitrogens with zero attached hydrogens (tertiary/aromatic N) is 4. The van der Waals surface area contributed by atoms with Gasteiger partial charge >= 0.3 is 0 Å². The first-order valence-corrected chi connectivity index (χ1v) is 11.9. The van der Waals surface area contributed by atoms with Crippen LogP contribution in [0.15, 0.2) is 64.2 Å². The van der Waals surface area contributed by atoms with Crippen molar-refractivity contribution in [2.45, 2.75) is 36.7 Å². The molecule has 2 aliphatic rings. The van der Waals surface area contributed by atoms with Crippen LogP contribution < -0.4 is 5.32 Å². The molecule has 31 heavy (non-hydrogen) atoms. The zero-order valence-corrected chi connectivity index (χ0v) is 17.8. The minimum Gasteiger partial charge on any atom is -0.354 e. The number of amidine groups is 1. The monoisotopic (exact) mass is 437 g/mol. The number of amides is 1. The fourth-order valence-electron chi connectivity index (χ4n) is 4.36. The maximum atomic E-state index is 12.9. The van der Waals surface area contributed by atoms with Crippen LogP contribution in [0.4, 0.5) is 0 Å².